The number of amides is 1. The van der Waals surface area contributed by atoms with Gasteiger partial charge in [-0.1, -0.05) is 38.1 Å². The van der Waals surface area contributed by atoms with Gasteiger partial charge < -0.3 is 5.32 Å². The van der Waals surface area contributed by atoms with E-state index in [9.17, 15) is 4.79 Å². The molecule has 0 radical (unpaired) electrons. The van der Waals surface area contributed by atoms with Crippen molar-refractivity contribution in [3.05, 3.63) is 77.9 Å². The lowest BCUT2D eigenvalue weighted by atomic mass is 10.1. The van der Waals surface area contributed by atoms with Crippen molar-refractivity contribution in [2.24, 2.45) is 11.8 Å². The van der Waals surface area contributed by atoms with E-state index < -0.39 is 0 Å². The fraction of sp³-hybridized carbons (Fsp3) is 0.400. The third-order valence-electron chi connectivity index (χ3n) is 5.68. The van der Waals surface area contributed by atoms with E-state index >= 15 is 0 Å². The zero-order chi connectivity index (χ0) is 21.6. The first kappa shape index (κ1) is 21.2. The Morgan fingerprint density at radius 3 is 2.77 bits per heavy atom. The van der Waals surface area contributed by atoms with Gasteiger partial charge in [0.15, 0.2) is 5.69 Å². The number of carbonyl (C=O) groups is 1. The van der Waals surface area contributed by atoms with Crippen LogP contribution in [0.3, 0.4) is 0 Å². The van der Waals surface area contributed by atoms with E-state index in [1.807, 2.05) is 53.3 Å². The molecule has 3 heterocycles. The van der Waals surface area contributed by atoms with Crippen LogP contribution in [0.4, 0.5) is 0 Å². The quantitative estimate of drug-likeness (QED) is 0.607. The second-order valence-electron chi connectivity index (χ2n) is 8.83. The topological polar surface area (TPSA) is 63.1 Å². The highest BCUT2D eigenvalue weighted by Crippen LogP contribution is 2.19. The minimum absolute atomic E-state index is 0.0922. The Kier molecular flexibility index (Phi) is 6.77. The number of benzene rings is 1. The number of likely N-dealkylation sites (tertiary alicyclic amines) is 1. The van der Waals surface area contributed by atoms with Crippen molar-refractivity contribution in [2.45, 2.75) is 33.2 Å². The number of hydrogen-bond acceptors (Lipinski definition) is 4. The van der Waals surface area contributed by atoms with E-state index in [-0.39, 0.29) is 5.91 Å². The molecule has 0 bridgehead atoms. The van der Waals surface area contributed by atoms with Crippen molar-refractivity contribution in [3.8, 4) is 5.69 Å². The summed E-state index contributed by atoms with van der Waals surface area (Å²) in [7, 11) is 0. The second kappa shape index (κ2) is 9.88. The number of nitrogens with one attached hydrogen (secondary N) is 1. The highest BCUT2D eigenvalue weighted by Gasteiger charge is 2.24. The highest BCUT2D eigenvalue weighted by atomic mass is 16.1. The van der Waals surface area contributed by atoms with Crippen LogP contribution in [0.25, 0.3) is 5.69 Å². The average Bonchev–Trinajstić information content (AvgIpc) is 3.40. The zero-order valence-electron chi connectivity index (χ0n) is 18.4. The highest BCUT2D eigenvalue weighted by molar-refractivity contribution is 5.92. The minimum atomic E-state index is -0.0922. The van der Waals surface area contributed by atoms with Crippen LogP contribution in [0, 0.1) is 11.8 Å². The summed E-state index contributed by atoms with van der Waals surface area (Å²) in [6.07, 6.45) is 5.70. The second-order valence-corrected chi connectivity index (χ2v) is 8.83. The molecule has 1 aromatic carbocycles. The Morgan fingerprint density at radius 2 is 2.03 bits per heavy atom. The van der Waals surface area contributed by atoms with Gasteiger partial charge in [-0.2, -0.15) is 5.10 Å². The predicted octanol–water partition coefficient (Wildman–Crippen LogP) is 3.72. The van der Waals surface area contributed by atoms with Gasteiger partial charge in [0.1, 0.15) is 0 Å². The van der Waals surface area contributed by atoms with E-state index in [4.69, 9.17) is 0 Å². The number of carbonyl (C=O) groups excluding carboxylic acids is 1. The fourth-order valence-electron chi connectivity index (χ4n) is 4.19. The zero-order valence-corrected chi connectivity index (χ0v) is 18.4. The summed E-state index contributed by atoms with van der Waals surface area (Å²) in [6, 6.07) is 16.0. The van der Waals surface area contributed by atoms with Crippen LogP contribution in [0.5, 0.6) is 0 Å². The largest absolute Gasteiger partial charge is 0.350 e. The monoisotopic (exact) mass is 417 g/mol. The molecule has 1 aliphatic heterocycles. The number of rotatable bonds is 8. The van der Waals surface area contributed by atoms with E-state index in [2.05, 4.69) is 40.2 Å². The van der Waals surface area contributed by atoms with Crippen molar-refractivity contribution >= 4 is 5.91 Å². The molecule has 162 valence electrons. The summed E-state index contributed by atoms with van der Waals surface area (Å²) in [4.78, 5) is 19.5. The standard InChI is InChI=1S/C25H31N5O/c1-19(2)13-23-14-24(28-30(23)22-8-4-3-5-9-22)25(31)27-16-21-10-12-29(18-21)17-20-7-6-11-26-15-20/h3-9,11,14-15,19,21H,10,12-13,16-18H2,1-2H3,(H,27,31)/t21-/m1/s1. The Bertz CT molecular complexity index is 984. The molecule has 31 heavy (non-hydrogen) atoms. The van der Waals surface area contributed by atoms with Crippen LogP contribution < -0.4 is 5.32 Å². The van der Waals surface area contributed by atoms with Crippen LogP contribution in [0.15, 0.2) is 60.9 Å². The first-order valence-corrected chi connectivity index (χ1v) is 11.1. The summed E-state index contributed by atoms with van der Waals surface area (Å²) < 4.78 is 1.90. The van der Waals surface area contributed by atoms with Gasteiger partial charge in [-0.05, 0) is 61.1 Å². The van der Waals surface area contributed by atoms with Crippen molar-refractivity contribution in [3.63, 3.8) is 0 Å². The molecule has 1 N–H and O–H groups in total. The van der Waals surface area contributed by atoms with Crippen LogP contribution in [0.1, 0.15) is 42.0 Å². The molecule has 0 aliphatic carbocycles. The lowest BCUT2D eigenvalue weighted by Gasteiger charge is -2.16. The van der Waals surface area contributed by atoms with Crippen LogP contribution in [-0.2, 0) is 13.0 Å². The van der Waals surface area contributed by atoms with E-state index in [1.165, 1.54) is 5.56 Å². The Morgan fingerprint density at radius 1 is 1.19 bits per heavy atom. The number of hydrogen-bond donors (Lipinski definition) is 1. The minimum Gasteiger partial charge on any atom is -0.350 e. The maximum Gasteiger partial charge on any atom is 0.271 e. The molecule has 1 atom stereocenters. The number of aromatic nitrogens is 3. The molecule has 4 rings (SSSR count). The third kappa shape index (κ3) is 5.58. The van der Waals surface area contributed by atoms with Gasteiger partial charge in [0.05, 0.1) is 5.69 Å². The normalized spacial score (nSPS) is 16.7. The number of nitrogens with zero attached hydrogens (tertiary/aromatic N) is 4. The van der Waals surface area contributed by atoms with E-state index in [1.54, 1.807) is 6.20 Å². The fourth-order valence-corrected chi connectivity index (χ4v) is 4.19. The summed E-state index contributed by atoms with van der Waals surface area (Å²) >= 11 is 0. The molecule has 0 unspecified atom stereocenters. The summed E-state index contributed by atoms with van der Waals surface area (Å²) in [5, 5.41) is 7.75. The third-order valence-corrected chi connectivity index (χ3v) is 5.68. The van der Waals surface area contributed by atoms with Gasteiger partial charge in [-0.25, -0.2) is 4.68 Å². The molecular formula is C25H31N5O. The van der Waals surface area contributed by atoms with Crippen LogP contribution >= 0.6 is 0 Å². The summed E-state index contributed by atoms with van der Waals surface area (Å²) in [5.74, 6) is 0.858. The van der Waals surface area contributed by atoms with Gasteiger partial charge in [-0.15, -0.1) is 0 Å². The number of pyridine rings is 1. The lowest BCUT2D eigenvalue weighted by Crippen LogP contribution is -2.31. The van der Waals surface area contributed by atoms with Gasteiger partial charge in [-0.3, -0.25) is 14.7 Å². The molecule has 3 aromatic rings. The maximum atomic E-state index is 12.8. The molecule has 6 nitrogen and oxygen atoms in total. The molecule has 0 saturated carbocycles. The molecule has 1 saturated heterocycles. The van der Waals surface area contributed by atoms with E-state index in [0.717, 1.165) is 43.9 Å². The predicted molar refractivity (Wildman–Crippen MR) is 122 cm³/mol. The van der Waals surface area contributed by atoms with Crippen LogP contribution in [0.2, 0.25) is 0 Å². The molecule has 1 aliphatic rings. The molecule has 2 aromatic heterocycles. The van der Waals surface area contributed by atoms with Gasteiger partial charge in [0.25, 0.3) is 5.91 Å². The smallest absolute Gasteiger partial charge is 0.271 e. The Balaban J connectivity index is 1.36. The molecular weight excluding hydrogens is 386 g/mol. The van der Waals surface area contributed by atoms with Crippen molar-refractivity contribution in [1.82, 2.24) is 25.0 Å². The van der Waals surface area contributed by atoms with Gasteiger partial charge in [0.2, 0.25) is 0 Å². The van der Waals surface area contributed by atoms with Gasteiger partial charge in [0, 0.05) is 37.7 Å². The van der Waals surface area contributed by atoms with E-state index in [0.29, 0.717) is 24.1 Å². The maximum absolute atomic E-state index is 12.8. The van der Waals surface area contributed by atoms with Crippen molar-refractivity contribution in [1.29, 1.82) is 0 Å². The molecule has 1 fully saturated rings. The van der Waals surface area contributed by atoms with Gasteiger partial charge >= 0.3 is 0 Å². The Labute approximate surface area is 184 Å². The van der Waals surface area contributed by atoms with Crippen molar-refractivity contribution < 1.29 is 4.79 Å². The SMILES string of the molecule is CC(C)Cc1cc(C(=O)NC[C@H]2CCN(Cc3cccnc3)C2)nn1-c1ccccc1. The lowest BCUT2D eigenvalue weighted by molar-refractivity contribution is 0.0942. The first-order chi connectivity index (χ1) is 15.1. The summed E-state index contributed by atoms with van der Waals surface area (Å²) in [5.41, 5.74) is 3.77. The Hall–Kier alpha value is -2.99. The molecule has 0 spiro atoms. The molecule has 6 heteroatoms. The first-order valence-electron chi connectivity index (χ1n) is 11.1. The van der Waals surface area contributed by atoms with Crippen molar-refractivity contribution in [2.75, 3.05) is 19.6 Å². The number of para-hydroxylation sites is 1. The molecule has 1 amide bonds. The van der Waals surface area contributed by atoms with Crippen LogP contribution in [-0.4, -0.2) is 45.2 Å². The average molecular weight is 418 g/mol. The summed E-state index contributed by atoms with van der Waals surface area (Å²) in [6.45, 7) is 8.00.